The van der Waals surface area contributed by atoms with Crippen LogP contribution in [0.1, 0.15) is 84.3 Å². The van der Waals surface area contributed by atoms with Crippen LogP contribution in [0.2, 0.25) is 0 Å². The molecule has 3 N–H and O–H groups in total. The van der Waals surface area contributed by atoms with E-state index < -0.39 is 5.60 Å². The molecule has 7 nitrogen and oxygen atoms in total. The van der Waals surface area contributed by atoms with Crippen molar-refractivity contribution in [3.63, 3.8) is 0 Å². The Hall–Kier alpha value is -2.42. The predicted molar refractivity (Wildman–Crippen MR) is 144 cm³/mol. The molecule has 0 radical (unpaired) electrons. The zero-order valence-corrected chi connectivity index (χ0v) is 22.8. The van der Waals surface area contributed by atoms with Crippen molar-refractivity contribution < 1.29 is 29.1 Å². The second-order valence-corrected chi connectivity index (χ2v) is 11.8. The van der Waals surface area contributed by atoms with Gasteiger partial charge in [-0.25, -0.2) is 4.79 Å². The summed E-state index contributed by atoms with van der Waals surface area (Å²) in [6, 6.07) is 8.04. The Balaban J connectivity index is 1.43. The summed E-state index contributed by atoms with van der Waals surface area (Å²) in [5, 5.41) is 15.3. The van der Waals surface area contributed by atoms with Crippen LogP contribution in [-0.4, -0.2) is 49.4 Å². The fourth-order valence-corrected chi connectivity index (χ4v) is 8.16. The van der Waals surface area contributed by atoms with Crippen molar-refractivity contribution in [1.82, 2.24) is 0 Å². The quantitative estimate of drug-likeness (QED) is 0.478. The molecule has 3 aliphatic rings. The number of hydrogen-bond donors (Lipinski definition) is 3. The van der Waals surface area contributed by atoms with Crippen molar-refractivity contribution in [2.24, 2.45) is 5.92 Å². The molecule has 37 heavy (non-hydrogen) atoms. The monoisotopic (exact) mass is 527 g/mol. The average Bonchev–Trinajstić information content (AvgIpc) is 3.26. The lowest BCUT2D eigenvalue weighted by Crippen LogP contribution is -3.16. The highest BCUT2D eigenvalue weighted by Crippen LogP contribution is 2.45. The summed E-state index contributed by atoms with van der Waals surface area (Å²) in [7, 11) is 1.39. The highest BCUT2D eigenvalue weighted by atomic mass is 32.1. The molecule has 5 rings (SSSR count). The van der Waals surface area contributed by atoms with E-state index in [1.807, 2.05) is 25.1 Å². The number of carbonyl (C=O) groups is 2. The van der Waals surface area contributed by atoms with Gasteiger partial charge in [0, 0.05) is 17.2 Å². The van der Waals surface area contributed by atoms with Crippen molar-refractivity contribution in [1.29, 1.82) is 0 Å². The molecule has 1 aromatic heterocycles. The Kier molecular flexibility index (Phi) is 7.88. The van der Waals surface area contributed by atoms with E-state index in [0.29, 0.717) is 30.1 Å². The molecule has 1 unspecified atom stereocenters. The topological polar surface area (TPSA) is 89.3 Å². The number of thiophene rings is 1. The normalized spacial score (nSPS) is 27.1. The minimum Gasteiger partial charge on any atom is -0.493 e. The van der Waals surface area contributed by atoms with Crippen LogP contribution < -0.4 is 15.0 Å². The summed E-state index contributed by atoms with van der Waals surface area (Å²) in [5.41, 5.74) is 1.94. The van der Waals surface area contributed by atoms with Crippen molar-refractivity contribution in [3.05, 3.63) is 45.8 Å². The molecule has 2 aliphatic carbocycles. The lowest BCUT2D eigenvalue weighted by molar-refractivity contribution is -0.937. The summed E-state index contributed by atoms with van der Waals surface area (Å²) in [6.45, 7) is 3.51. The molecule has 1 saturated heterocycles. The molecule has 0 bridgehead atoms. The van der Waals surface area contributed by atoms with Gasteiger partial charge in [0.1, 0.15) is 16.8 Å². The number of benzene rings is 1. The molecule has 8 heteroatoms. The Labute approximate surface area is 223 Å². The Bertz CT molecular complexity index is 1150. The molecule has 1 amide bonds. The number of esters is 1. The lowest BCUT2D eigenvalue weighted by Gasteiger charge is -2.50. The van der Waals surface area contributed by atoms with Gasteiger partial charge in [0.2, 0.25) is 0 Å². The lowest BCUT2D eigenvalue weighted by atomic mass is 9.66. The van der Waals surface area contributed by atoms with E-state index in [1.54, 1.807) is 0 Å². The van der Waals surface area contributed by atoms with Crippen molar-refractivity contribution in [2.45, 2.75) is 76.4 Å². The van der Waals surface area contributed by atoms with Crippen LogP contribution >= 0.6 is 11.3 Å². The van der Waals surface area contributed by atoms with Crippen molar-refractivity contribution in [2.75, 3.05) is 32.1 Å². The number of para-hydroxylation sites is 1. The molecule has 4 atom stereocenters. The van der Waals surface area contributed by atoms with Crippen LogP contribution in [0.5, 0.6) is 5.75 Å². The smallest absolute Gasteiger partial charge is 0.341 e. The second kappa shape index (κ2) is 11.1. The minimum absolute atomic E-state index is 0.0378. The molecular weight excluding hydrogens is 488 g/mol. The third-order valence-electron chi connectivity index (χ3n) is 8.54. The third-order valence-corrected chi connectivity index (χ3v) is 9.75. The van der Waals surface area contributed by atoms with Gasteiger partial charge in [0.15, 0.2) is 6.54 Å². The number of rotatable bonds is 7. The van der Waals surface area contributed by atoms with Crippen LogP contribution in [0, 0.1) is 5.92 Å². The maximum atomic E-state index is 13.5. The molecule has 2 fully saturated rings. The molecule has 1 aliphatic heterocycles. The van der Waals surface area contributed by atoms with Crippen LogP contribution in [0.3, 0.4) is 0 Å². The molecule has 0 spiro atoms. The van der Waals surface area contributed by atoms with Gasteiger partial charge in [-0.1, -0.05) is 25.0 Å². The summed E-state index contributed by atoms with van der Waals surface area (Å²) in [5.74, 6) is 0.412. The first-order valence-corrected chi connectivity index (χ1v) is 14.6. The number of nitrogens with one attached hydrogen (secondary N) is 2. The first kappa shape index (κ1) is 26.2. The number of piperidine rings is 1. The standard InChI is InChI=1S/C29H38N2O5S/c1-3-36-22-13-6-4-10-19(22)26-21-12-8-9-15-29(21,34)16-17-31(26)18-24(32)30-27-25(28(33)35-2)20-11-5-7-14-23(20)37-27/h4,6,10,13,21,26,34H,3,5,7-9,11-12,14-18H2,1-2H3,(H,30,32)/p+1/t21-,26-,29-/m1/s1. The number of hydrogen-bond acceptors (Lipinski definition) is 6. The Morgan fingerprint density at radius 2 is 1.97 bits per heavy atom. The molecular formula is C29H39N2O5S+. The fraction of sp³-hybridized carbons (Fsp3) is 0.586. The summed E-state index contributed by atoms with van der Waals surface area (Å²) >= 11 is 1.52. The van der Waals surface area contributed by atoms with E-state index in [-0.39, 0.29) is 30.4 Å². The van der Waals surface area contributed by atoms with E-state index in [1.165, 1.54) is 23.3 Å². The number of aryl methyl sites for hydroxylation is 1. The predicted octanol–water partition coefficient (Wildman–Crippen LogP) is 3.70. The van der Waals surface area contributed by atoms with E-state index in [4.69, 9.17) is 9.47 Å². The number of likely N-dealkylation sites (tertiary alicyclic amines) is 1. The second-order valence-electron chi connectivity index (χ2n) is 10.7. The number of carbonyl (C=O) groups excluding carboxylic acids is 2. The van der Waals surface area contributed by atoms with Gasteiger partial charge < -0.3 is 24.8 Å². The van der Waals surface area contributed by atoms with Gasteiger partial charge in [-0.15, -0.1) is 11.3 Å². The molecule has 200 valence electrons. The van der Waals surface area contributed by atoms with E-state index in [2.05, 4.69) is 11.4 Å². The van der Waals surface area contributed by atoms with Gasteiger partial charge in [-0.2, -0.15) is 0 Å². The fourth-order valence-electron chi connectivity index (χ4n) is 6.86. The van der Waals surface area contributed by atoms with Gasteiger partial charge in [0.25, 0.3) is 5.91 Å². The minimum atomic E-state index is -0.701. The van der Waals surface area contributed by atoms with Gasteiger partial charge in [-0.3, -0.25) is 4.79 Å². The number of anilines is 1. The summed E-state index contributed by atoms with van der Waals surface area (Å²) in [6.07, 6.45) is 8.51. The van der Waals surface area contributed by atoms with Crippen molar-refractivity contribution in [3.8, 4) is 5.75 Å². The molecule has 1 aromatic carbocycles. The molecule has 2 aromatic rings. The zero-order chi connectivity index (χ0) is 26.0. The Morgan fingerprint density at radius 3 is 2.78 bits per heavy atom. The highest BCUT2D eigenvalue weighted by molar-refractivity contribution is 7.17. The van der Waals surface area contributed by atoms with Crippen LogP contribution in [-0.2, 0) is 22.4 Å². The largest absolute Gasteiger partial charge is 0.493 e. The molecule has 2 heterocycles. The third kappa shape index (κ3) is 5.16. The van der Waals surface area contributed by atoms with E-state index in [0.717, 1.165) is 73.1 Å². The zero-order valence-electron chi connectivity index (χ0n) is 21.9. The maximum Gasteiger partial charge on any atom is 0.341 e. The van der Waals surface area contributed by atoms with Crippen LogP contribution in [0.25, 0.3) is 0 Å². The van der Waals surface area contributed by atoms with Crippen LogP contribution in [0.4, 0.5) is 5.00 Å². The first-order chi connectivity index (χ1) is 17.9. The van der Waals surface area contributed by atoms with Gasteiger partial charge in [-0.05, 0) is 63.1 Å². The highest BCUT2D eigenvalue weighted by Gasteiger charge is 2.52. The van der Waals surface area contributed by atoms with Gasteiger partial charge in [0.05, 0.1) is 37.0 Å². The number of aliphatic hydroxyl groups is 1. The summed E-state index contributed by atoms with van der Waals surface area (Å²) < 4.78 is 11.1. The number of methoxy groups -OCH3 is 1. The molecule has 1 saturated carbocycles. The number of ether oxygens (including phenoxy) is 2. The maximum absolute atomic E-state index is 13.5. The average molecular weight is 528 g/mol. The number of quaternary nitrogens is 1. The van der Waals surface area contributed by atoms with Gasteiger partial charge >= 0.3 is 5.97 Å². The Morgan fingerprint density at radius 1 is 1.16 bits per heavy atom. The van der Waals surface area contributed by atoms with Crippen LogP contribution in [0.15, 0.2) is 24.3 Å². The first-order valence-electron chi connectivity index (χ1n) is 13.8. The SMILES string of the molecule is CCOc1ccccc1[C@@H]1[C@H]2CCCC[C@@]2(O)CC[NH+]1CC(=O)Nc1sc2c(c1C(=O)OC)CCCC2. The number of fused-ring (bicyclic) bond motifs is 2. The van der Waals surface area contributed by atoms with E-state index >= 15 is 0 Å². The van der Waals surface area contributed by atoms with E-state index in [9.17, 15) is 14.7 Å². The summed E-state index contributed by atoms with van der Waals surface area (Å²) in [4.78, 5) is 28.5. The number of amides is 1. The van der Waals surface area contributed by atoms with Crippen molar-refractivity contribution >= 4 is 28.2 Å².